The molecule has 0 saturated heterocycles. The molecule has 4 nitrogen and oxygen atoms in total. The van der Waals surface area contributed by atoms with Gasteiger partial charge in [-0.15, -0.1) is 0 Å². The third-order valence-electron chi connectivity index (χ3n) is 4.24. The number of hydrogen-bond acceptors (Lipinski definition) is 3. The normalized spacial score (nSPS) is 23.6. The molecule has 19 heavy (non-hydrogen) atoms. The average Bonchev–Trinajstić information content (AvgIpc) is 2.65. The number of halogens is 1. The molecule has 0 bridgehead atoms. The van der Waals surface area contributed by atoms with E-state index in [9.17, 15) is 4.79 Å². The summed E-state index contributed by atoms with van der Waals surface area (Å²) in [6.07, 6.45) is 4.48. The molecule has 0 radical (unpaired) electrons. The maximum Gasteiger partial charge on any atom is 0.141 e. The Hall–Kier alpha value is -0.870. The summed E-state index contributed by atoms with van der Waals surface area (Å²) in [5.74, 6) is 1.07. The summed E-state index contributed by atoms with van der Waals surface area (Å²) in [6.45, 7) is 2.61. The smallest absolute Gasteiger partial charge is 0.141 e. The molecule has 0 atom stereocenters. The van der Waals surface area contributed by atoms with Crippen LogP contribution >= 0.6 is 11.6 Å². The Morgan fingerprint density at radius 2 is 2.05 bits per heavy atom. The molecule has 1 aromatic heterocycles. The second-order valence-corrected chi connectivity index (χ2v) is 5.94. The lowest BCUT2D eigenvalue weighted by Gasteiger charge is -2.26. The number of Topliss-reactive ketones (excluding diaryl/α,β-unsaturated/α-hetero) is 1. The summed E-state index contributed by atoms with van der Waals surface area (Å²) < 4.78 is 1.72. The van der Waals surface area contributed by atoms with E-state index in [1.165, 1.54) is 0 Å². The predicted octanol–water partition coefficient (Wildman–Crippen LogP) is 2.26. The number of rotatable bonds is 4. The maximum atomic E-state index is 12.3. The van der Waals surface area contributed by atoms with E-state index < -0.39 is 0 Å². The van der Waals surface area contributed by atoms with Crippen LogP contribution in [-0.4, -0.2) is 22.1 Å². The summed E-state index contributed by atoms with van der Waals surface area (Å²) in [5, 5.41) is 4.88. The van der Waals surface area contributed by atoms with Crippen molar-refractivity contribution in [3.63, 3.8) is 0 Å². The molecule has 0 amide bonds. The fourth-order valence-electron chi connectivity index (χ4n) is 2.90. The van der Waals surface area contributed by atoms with Crippen molar-refractivity contribution in [1.29, 1.82) is 0 Å². The standard InChI is InChI=1S/C14H22ClN3O/c1-9-14(15)12(18(2)17-9)7-13(19)11-5-3-10(8-16)4-6-11/h10-11H,3-8,16H2,1-2H3. The molecule has 106 valence electrons. The zero-order valence-electron chi connectivity index (χ0n) is 11.7. The van der Waals surface area contributed by atoms with Crippen LogP contribution in [0.4, 0.5) is 0 Å². The summed E-state index contributed by atoms with van der Waals surface area (Å²) in [6, 6.07) is 0. The van der Waals surface area contributed by atoms with Gasteiger partial charge in [-0.2, -0.15) is 5.10 Å². The highest BCUT2D eigenvalue weighted by Crippen LogP contribution is 2.30. The Morgan fingerprint density at radius 3 is 2.53 bits per heavy atom. The Balaban J connectivity index is 1.98. The van der Waals surface area contributed by atoms with Crippen LogP contribution in [0.1, 0.15) is 37.1 Å². The van der Waals surface area contributed by atoms with E-state index in [0.29, 0.717) is 23.1 Å². The topological polar surface area (TPSA) is 60.9 Å². The molecule has 0 unspecified atom stereocenters. The quantitative estimate of drug-likeness (QED) is 0.922. The first-order chi connectivity index (χ1) is 9.02. The van der Waals surface area contributed by atoms with Crippen molar-refractivity contribution in [2.45, 2.75) is 39.0 Å². The first-order valence-electron chi connectivity index (χ1n) is 6.93. The Kier molecular flexibility index (Phi) is 4.63. The maximum absolute atomic E-state index is 12.3. The molecule has 0 aromatic carbocycles. The highest BCUT2D eigenvalue weighted by molar-refractivity contribution is 6.32. The lowest BCUT2D eigenvalue weighted by atomic mass is 9.79. The van der Waals surface area contributed by atoms with Crippen molar-refractivity contribution < 1.29 is 4.79 Å². The molecule has 1 fully saturated rings. The first kappa shape index (κ1) is 14.5. The molecule has 1 saturated carbocycles. The zero-order chi connectivity index (χ0) is 14.0. The molecule has 5 heteroatoms. The summed E-state index contributed by atoms with van der Waals surface area (Å²) >= 11 is 6.19. The van der Waals surface area contributed by atoms with Crippen molar-refractivity contribution >= 4 is 17.4 Å². The van der Waals surface area contributed by atoms with Crippen LogP contribution in [0.5, 0.6) is 0 Å². The van der Waals surface area contributed by atoms with E-state index in [4.69, 9.17) is 17.3 Å². The number of aromatic nitrogens is 2. The number of hydrogen-bond donors (Lipinski definition) is 1. The first-order valence-corrected chi connectivity index (χ1v) is 7.31. The van der Waals surface area contributed by atoms with Gasteiger partial charge in [-0.3, -0.25) is 9.48 Å². The fraction of sp³-hybridized carbons (Fsp3) is 0.714. The molecule has 2 rings (SSSR count). The minimum absolute atomic E-state index is 0.175. The summed E-state index contributed by atoms with van der Waals surface area (Å²) in [7, 11) is 1.84. The van der Waals surface area contributed by atoms with Crippen molar-refractivity contribution in [2.75, 3.05) is 6.54 Å². The summed E-state index contributed by atoms with van der Waals surface area (Å²) in [5.41, 5.74) is 7.31. The highest BCUT2D eigenvalue weighted by Gasteiger charge is 2.27. The van der Waals surface area contributed by atoms with Crippen molar-refractivity contribution in [3.05, 3.63) is 16.4 Å². The van der Waals surface area contributed by atoms with Gasteiger partial charge in [0.1, 0.15) is 5.78 Å². The Bertz CT molecular complexity index is 462. The number of carbonyl (C=O) groups excluding carboxylic acids is 1. The molecule has 1 aromatic rings. The molecular weight excluding hydrogens is 262 g/mol. The summed E-state index contributed by atoms with van der Waals surface area (Å²) in [4.78, 5) is 12.3. The van der Waals surface area contributed by atoms with Gasteiger partial charge in [0.05, 0.1) is 22.8 Å². The number of carbonyl (C=O) groups is 1. The van der Waals surface area contributed by atoms with Gasteiger partial charge >= 0.3 is 0 Å². The third-order valence-corrected chi connectivity index (χ3v) is 4.73. The van der Waals surface area contributed by atoms with E-state index in [1.54, 1.807) is 4.68 Å². The van der Waals surface area contributed by atoms with Gasteiger partial charge < -0.3 is 5.73 Å². The van der Waals surface area contributed by atoms with E-state index >= 15 is 0 Å². The van der Waals surface area contributed by atoms with Crippen LogP contribution < -0.4 is 5.73 Å². The van der Waals surface area contributed by atoms with Gasteiger partial charge in [0.2, 0.25) is 0 Å². The predicted molar refractivity (Wildman–Crippen MR) is 76.2 cm³/mol. The molecule has 1 aliphatic carbocycles. The zero-order valence-corrected chi connectivity index (χ0v) is 12.4. The van der Waals surface area contributed by atoms with Gasteiger partial charge in [-0.05, 0) is 45.1 Å². The molecule has 0 aliphatic heterocycles. The number of nitrogens with two attached hydrogens (primary N) is 1. The number of aryl methyl sites for hydroxylation is 2. The lowest BCUT2D eigenvalue weighted by molar-refractivity contribution is -0.123. The van der Waals surface area contributed by atoms with Crippen LogP contribution in [0.2, 0.25) is 5.02 Å². The number of nitrogens with zero attached hydrogens (tertiary/aromatic N) is 2. The van der Waals surface area contributed by atoms with Gasteiger partial charge in [0.25, 0.3) is 0 Å². The van der Waals surface area contributed by atoms with E-state index in [2.05, 4.69) is 5.10 Å². The average molecular weight is 284 g/mol. The second kappa shape index (κ2) is 6.06. The van der Waals surface area contributed by atoms with Crippen LogP contribution in [-0.2, 0) is 18.3 Å². The highest BCUT2D eigenvalue weighted by atomic mass is 35.5. The van der Waals surface area contributed by atoms with E-state index in [0.717, 1.165) is 43.6 Å². The van der Waals surface area contributed by atoms with Crippen molar-refractivity contribution in [3.8, 4) is 0 Å². The molecule has 2 N–H and O–H groups in total. The van der Waals surface area contributed by atoms with Crippen molar-refractivity contribution in [2.24, 2.45) is 24.6 Å². The molecule has 0 spiro atoms. The van der Waals surface area contributed by atoms with Crippen LogP contribution in [0, 0.1) is 18.8 Å². The minimum Gasteiger partial charge on any atom is -0.330 e. The second-order valence-electron chi connectivity index (χ2n) is 5.57. The van der Waals surface area contributed by atoms with Gasteiger partial charge in [0.15, 0.2) is 0 Å². The van der Waals surface area contributed by atoms with E-state index in [-0.39, 0.29) is 5.92 Å². The van der Waals surface area contributed by atoms with E-state index in [1.807, 2.05) is 14.0 Å². The number of ketones is 1. The third kappa shape index (κ3) is 3.18. The molecule has 1 heterocycles. The van der Waals surface area contributed by atoms with Crippen LogP contribution in [0.15, 0.2) is 0 Å². The van der Waals surface area contributed by atoms with Gasteiger partial charge in [-0.1, -0.05) is 11.6 Å². The van der Waals surface area contributed by atoms with Crippen molar-refractivity contribution in [1.82, 2.24) is 9.78 Å². The van der Waals surface area contributed by atoms with Gasteiger partial charge in [0, 0.05) is 13.0 Å². The Labute approximate surface area is 119 Å². The fourth-order valence-corrected chi connectivity index (χ4v) is 3.13. The molecule has 1 aliphatic rings. The van der Waals surface area contributed by atoms with Crippen LogP contribution in [0.25, 0.3) is 0 Å². The van der Waals surface area contributed by atoms with Crippen LogP contribution in [0.3, 0.4) is 0 Å². The minimum atomic E-state index is 0.175. The van der Waals surface area contributed by atoms with Gasteiger partial charge in [-0.25, -0.2) is 0 Å². The Morgan fingerprint density at radius 1 is 1.42 bits per heavy atom. The lowest BCUT2D eigenvalue weighted by Crippen LogP contribution is -2.27. The SMILES string of the molecule is Cc1nn(C)c(CC(=O)C2CCC(CN)CC2)c1Cl. The largest absolute Gasteiger partial charge is 0.330 e. The monoisotopic (exact) mass is 283 g/mol. The molecular formula is C14H22ClN3O.